The van der Waals surface area contributed by atoms with Crippen molar-refractivity contribution in [2.24, 2.45) is 0 Å². The van der Waals surface area contributed by atoms with Gasteiger partial charge in [-0.25, -0.2) is 8.42 Å². The summed E-state index contributed by atoms with van der Waals surface area (Å²) < 4.78 is 24.4. The molecule has 1 heterocycles. The van der Waals surface area contributed by atoms with Gasteiger partial charge in [-0.3, -0.25) is 4.79 Å². The molecule has 0 unspecified atom stereocenters. The van der Waals surface area contributed by atoms with Gasteiger partial charge in [0, 0.05) is 21.3 Å². The summed E-state index contributed by atoms with van der Waals surface area (Å²) in [6, 6.07) is 17.3. The molecule has 2 aromatic carbocycles. The fraction of sp³-hybridized carbons (Fsp3) is 0.105. The van der Waals surface area contributed by atoms with Gasteiger partial charge in [0.15, 0.2) is 14.9 Å². The van der Waals surface area contributed by atoms with E-state index in [1.807, 2.05) is 6.07 Å². The Morgan fingerprint density at radius 1 is 1.04 bits per heavy atom. The van der Waals surface area contributed by atoms with Gasteiger partial charge in [0.05, 0.1) is 11.4 Å². The first-order valence-corrected chi connectivity index (χ1v) is 10.6. The number of nitrogens with one attached hydrogen (secondary N) is 1. The molecule has 0 aliphatic rings. The molecule has 8 heteroatoms. The Bertz CT molecular complexity index is 1070. The molecule has 0 saturated carbocycles. The lowest BCUT2D eigenvalue weighted by Crippen LogP contribution is -2.11. The van der Waals surface area contributed by atoms with Crippen molar-refractivity contribution in [3.63, 3.8) is 0 Å². The van der Waals surface area contributed by atoms with Gasteiger partial charge in [-0.1, -0.05) is 41.1 Å². The van der Waals surface area contributed by atoms with Crippen LogP contribution < -0.4 is 5.32 Å². The van der Waals surface area contributed by atoms with E-state index >= 15 is 0 Å². The first kappa shape index (κ1) is 19.2. The van der Waals surface area contributed by atoms with Crippen LogP contribution in [0.4, 0.5) is 5.69 Å². The quantitative estimate of drug-likeness (QED) is 0.641. The van der Waals surface area contributed by atoms with E-state index in [9.17, 15) is 13.2 Å². The van der Waals surface area contributed by atoms with Gasteiger partial charge in [0.1, 0.15) is 0 Å². The van der Waals surface area contributed by atoms with Crippen LogP contribution in [-0.2, 0) is 9.84 Å². The van der Waals surface area contributed by atoms with Crippen molar-refractivity contribution in [1.29, 1.82) is 0 Å². The fourth-order valence-corrected chi connectivity index (χ4v) is 3.48. The molecule has 1 N–H and O–H groups in total. The number of carbonyl (C=O) groups excluding carboxylic acids is 1. The van der Waals surface area contributed by atoms with Gasteiger partial charge in [0.2, 0.25) is 0 Å². The van der Waals surface area contributed by atoms with Crippen molar-refractivity contribution in [2.75, 3.05) is 11.1 Å². The average molecular weight is 446 g/mol. The summed E-state index contributed by atoms with van der Waals surface area (Å²) in [4.78, 5) is 12.3. The molecule has 6 nitrogen and oxygen atoms in total. The zero-order valence-corrected chi connectivity index (χ0v) is 16.8. The van der Waals surface area contributed by atoms with E-state index < -0.39 is 9.84 Å². The van der Waals surface area contributed by atoms with Crippen LogP contribution in [0.15, 0.2) is 70.2 Å². The fourth-order valence-electron chi connectivity index (χ4n) is 2.35. The Balaban J connectivity index is 1.74. The molecule has 0 radical (unpaired) electrons. The van der Waals surface area contributed by atoms with E-state index in [0.717, 1.165) is 10.0 Å². The van der Waals surface area contributed by atoms with Crippen LogP contribution in [0.1, 0.15) is 17.3 Å². The lowest BCUT2D eigenvalue weighted by Gasteiger charge is -2.07. The number of aromatic nitrogens is 2. The first-order chi connectivity index (χ1) is 12.9. The monoisotopic (exact) mass is 445 g/mol. The second-order valence-corrected chi connectivity index (χ2v) is 8.84. The molecule has 0 spiro atoms. The highest BCUT2D eigenvalue weighted by molar-refractivity contribution is 9.10. The van der Waals surface area contributed by atoms with Gasteiger partial charge < -0.3 is 5.32 Å². The highest BCUT2D eigenvalue weighted by Crippen LogP contribution is 2.21. The van der Waals surface area contributed by atoms with Crippen molar-refractivity contribution in [3.8, 4) is 11.3 Å². The van der Waals surface area contributed by atoms with Crippen molar-refractivity contribution in [2.45, 2.75) is 11.9 Å². The summed E-state index contributed by atoms with van der Waals surface area (Å²) in [5.74, 6) is -0.231. The number of nitrogens with zero attached hydrogens (tertiary/aromatic N) is 2. The van der Waals surface area contributed by atoms with E-state index in [2.05, 4.69) is 31.4 Å². The summed E-state index contributed by atoms with van der Waals surface area (Å²) in [6.45, 7) is 1.56. The molecule has 0 atom stereocenters. The van der Waals surface area contributed by atoms with E-state index in [-0.39, 0.29) is 16.7 Å². The van der Waals surface area contributed by atoms with Crippen molar-refractivity contribution >= 4 is 37.4 Å². The molecule has 0 saturated heterocycles. The topological polar surface area (TPSA) is 89.0 Å². The minimum absolute atomic E-state index is 0.0204. The molecule has 3 aromatic rings. The van der Waals surface area contributed by atoms with Gasteiger partial charge >= 0.3 is 0 Å². The number of amides is 1. The highest BCUT2D eigenvalue weighted by Gasteiger charge is 2.14. The number of anilines is 1. The smallest absolute Gasteiger partial charge is 0.255 e. The molecule has 27 heavy (non-hydrogen) atoms. The maximum Gasteiger partial charge on any atom is 0.255 e. The van der Waals surface area contributed by atoms with Crippen molar-refractivity contribution < 1.29 is 13.2 Å². The van der Waals surface area contributed by atoms with E-state index in [1.165, 1.54) is 6.07 Å². The second kappa shape index (κ2) is 7.98. The number of hydrogen-bond acceptors (Lipinski definition) is 5. The maximum atomic E-state index is 12.3. The Hall–Kier alpha value is -2.58. The van der Waals surface area contributed by atoms with Gasteiger partial charge in [-0.15, -0.1) is 10.2 Å². The van der Waals surface area contributed by atoms with E-state index in [4.69, 9.17) is 0 Å². The molecule has 0 aliphatic heterocycles. The predicted molar refractivity (Wildman–Crippen MR) is 107 cm³/mol. The molecule has 138 valence electrons. The molecular formula is C19H16BrN3O3S. The summed E-state index contributed by atoms with van der Waals surface area (Å²) in [5, 5.41) is 10.6. The molecule has 3 rings (SSSR count). The number of halogens is 1. The van der Waals surface area contributed by atoms with E-state index in [0.29, 0.717) is 16.9 Å². The summed E-state index contributed by atoms with van der Waals surface area (Å²) in [7, 11) is -3.37. The largest absolute Gasteiger partial charge is 0.322 e. The van der Waals surface area contributed by atoms with Crippen LogP contribution in [0.25, 0.3) is 11.3 Å². The predicted octanol–water partition coefficient (Wildman–Crippen LogP) is 3.95. The van der Waals surface area contributed by atoms with E-state index in [1.54, 1.807) is 55.5 Å². The maximum absolute atomic E-state index is 12.3. The number of sulfone groups is 1. The van der Waals surface area contributed by atoms with Crippen LogP contribution in [-0.4, -0.2) is 30.3 Å². The Morgan fingerprint density at radius 2 is 1.78 bits per heavy atom. The molecule has 1 aromatic heterocycles. The molecule has 0 aliphatic carbocycles. The molecule has 1 amide bonds. The second-order valence-electron chi connectivity index (χ2n) is 5.70. The summed E-state index contributed by atoms with van der Waals surface area (Å²) in [5.41, 5.74) is 2.51. The lowest BCUT2D eigenvalue weighted by molar-refractivity contribution is 0.102. The Kier molecular flexibility index (Phi) is 5.67. The SMILES string of the molecule is CCS(=O)(=O)c1ccc(-c2ccc(NC(=O)c3cccc(Br)c3)cc2)nn1. The zero-order valence-electron chi connectivity index (χ0n) is 14.4. The third kappa shape index (κ3) is 4.58. The van der Waals surface area contributed by atoms with Crippen LogP contribution in [0.5, 0.6) is 0 Å². The van der Waals surface area contributed by atoms with Crippen molar-refractivity contribution in [1.82, 2.24) is 10.2 Å². The zero-order chi connectivity index (χ0) is 19.4. The molecular weight excluding hydrogens is 430 g/mol. The van der Waals surface area contributed by atoms with Gasteiger partial charge in [-0.05, 0) is 42.5 Å². The third-order valence-electron chi connectivity index (χ3n) is 3.86. The van der Waals surface area contributed by atoms with Crippen molar-refractivity contribution in [3.05, 3.63) is 70.7 Å². The number of carbonyl (C=O) groups is 1. The number of benzene rings is 2. The van der Waals surface area contributed by atoms with Crippen LogP contribution in [0, 0.1) is 0 Å². The normalized spacial score (nSPS) is 11.2. The Morgan fingerprint density at radius 3 is 2.37 bits per heavy atom. The van der Waals surface area contributed by atoms with Crippen LogP contribution >= 0.6 is 15.9 Å². The Labute approximate surface area is 165 Å². The molecule has 0 bridgehead atoms. The van der Waals surface area contributed by atoms with Crippen LogP contribution in [0.3, 0.4) is 0 Å². The average Bonchev–Trinajstić information content (AvgIpc) is 2.68. The third-order valence-corrected chi connectivity index (χ3v) is 5.97. The van der Waals surface area contributed by atoms with Gasteiger partial charge in [0.25, 0.3) is 5.91 Å². The minimum Gasteiger partial charge on any atom is -0.322 e. The number of rotatable bonds is 5. The van der Waals surface area contributed by atoms with Crippen LogP contribution in [0.2, 0.25) is 0 Å². The van der Waals surface area contributed by atoms with Gasteiger partial charge in [-0.2, -0.15) is 0 Å². The number of hydrogen-bond donors (Lipinski definition) is 1. The lowest BCUT2D eigenvalue weighted by atomic mass is 10.1. The summed E-state index contributed by atoms with van der Waals surface area (Å²) >= 11 is 3.34. The molecule has 0 fully saturated rings. The summed E-state index contributed by atoms with van der Waals surface area (Å²) in [6.07, 6.45) is 0. The minimum atomic E-state index is -3.37. The highest BCUT2D eigenvalue weighted by atomic mass is 79.9. The standard InChI is InChI=1S/C19H16BrN3O3S/c1-2-27(25,26)18-11-10-17(22-23-18)13-6-8-16(9-7-13)21-19(24)14-4-3-5-15(20)12-14/h3-12H,2H2,1H3,(H,21,24). The first-order valence-electron chi connectivity index (χ1n) is 8.13.